The molecule has 0 saturated heterocycles. The Morgan fingerprint density at radius 3 is 2.07 bits per heavy atom. The summed E-state index contributed by atoms with van der Waals surface area (Å²) in [6.45, 7) is 6.84. The summed E-state index contributed by atoms with van der Waals surface area (Å²) in [5.74, 6) is 0. The Bertz CT molecular complexity index is 262. The largest absolute Gasteiger partial charge is 0.0750 e. The first-order valence-corrected chi connectivity index (χ1v) is 7.31. The molecule has 1 aromatic carbocycles. The zero-order valence-electron chi connectivity index (χ0n) is 9.59. The molecule has 0 aromatic heterocycles. The average molecular weight is 208 g/mol. The van der Waals surface area contributed by atoms with Gasteiger partial charge in [-0.15, -0.1) is 0 Å². The van der Waals surface area contributed by atoms with Gasteiger partial charge < -0.3 is 0 Å². The summed E-state index contributed by atoms with van der Waals surface area (Å²) < 4.78 is 0. The van der Waals surface area contributed by atoms with Crippen molar-refractivity contribution in [2.75, 3.05) is 12.3 Å². The lowest BCUT2D eigenvalue weighted by molar-refractivity contribution is 1.06. The summed E-state index contributed by atoms with van der Waals surface area (Å²) in [4.78, 5) is 0. The van der Waals surface area contributed by atoms with Gasteiger partial charge in [0.25, 0.3) is 0 Å². The molecule has 0 saturated carbocycles. The van der Waals surface area contributed by atoms with Gasteiger partial charge in [0.05, 0.1) is 0 Å². The summed E-state index contributed by atoms with van der Waals surface area (Å²) >= 11 is 0. The van der Waals surface area contributed by atoms with Crippen LogP contribution in [-0.4, -0.2) is 12.3 Å². The van der Waals surface area contributed by atoms with Crippen LogP contribution in [0.3, 0.4) is 0 Å². The summed E-state index contributed by atoms with van der Waals surface area (Å²) in [5.41, 5.74) is 1.49. The van der Waals surface area contributed by atoms with Crippen molar-refractivity contribution in [3.8, 4) is 0 Å². The number of hydrogen-bond donors (Lipinski definition) is 0. The molecule has 78 valence electrons. The Hall–Kier alpha value is -0.350. The smallest absolute Gasteiger partial charge is 0.0211 e. The second-order valence-electron chi connectivity index (χ2n) is 3.77. The zero-order valence-corrected chi connectivity index (χ0v) is 10.5. The minimum atomic E-state index is 0.123. The molecule has 0 spiro atoms. The summed E-state index contributed by atoms with van der Waals surface area (Å²) in [5, 5.41) is 1.63. The highest BCUT2D eigenvalue weighted by Crippen LogP contribution is 2.36. The summed E-state index contributed by atoms with van der Waals surface area (Å²) in [6.07, 6.45) is 5.43. The maximum atomic E-state index is 2.33. The van der Waals surface area contributed by atoms with Crippen molar-refractivity contribution >= 4 is 13.2 Å². The van der Waals surface area contributed by atoms with Crippen molar-refractivity contribution in [3.63, 3.8) is 0 Å². The second-order valence-corrected chi connectivity index (χ2v) is 6.23. The maximum absolute atomic E-state index is 2.33. The quantitative estimate of drug-likeness (QED) is 0.643. The fraction of sp³-hybridized carbons (Fsp3) is 0.538. The molecule has 0 atom stereocenters. The Kier molecular flexibility index (Phi) is 5.19. The van der Waals surface area contributed by atoms with Gasteiger partial charge in [-0.2, -0.15) is 0 Å². The first-order valence-electron chi connectivity index (χ1n) is 5.60. The van der Waals surface area contributed by atoms with Crippen molar-refractivity contribution in [3.05, 3.63) is 29.8 Å². The molecule has 1 rings (SSSR count). The highest BCUT2D eigenvalue weighted by molar-refractivity contribution is 7.65. The third-order valence-corrected chi connectivity index (χ3v) is 5.60. The normalized spacial score (nSPS) is 10.9. The minimum Gasteiger partial charge on any atom is -0.0750 e. The van der Waals surface area contributed by atoms with E-state index in [1.165, 1.54) is 30.7 Å². The maximum Gasteiger partial charge on any atom is -0.0211 e. The summed E-state index contributed by atoms with van der Waals surface area (Å²) in [7, 11) is 0.123. The Morgan fingerprint density at radius 1 is 1.00 bits per heavy atom. The van der Waals surface area contributed by atoms with Gasteiger partial charge in [-0.05, 0) is 30.1 Å². The Labute approximate surface area is 89.5 Å². The van der Waals surface area contributed by atoms with E-state index in [2.05, 4.69) is 45.0 Å². The molecule has 0 aliphatic carbocycles. The summed E-state index contributed by atoms with van der Waals surface area (Å²) in [6, 6.07) is 8.90. The average Bonchev–Trinajstić information content (AvgIpc) is 2.18. The van der Waals surface area contributed by atoms with Crippen LogP contribution in [0.5, 0.6) is 0 Å². The molecule has 0 amide bonds. The van der Waals surface area contributed by atoms with Crippen molar-refractivity contribution in [1.82, 2.24) is 0 Å². The molecule has 0 fully saturated rings. The van der Waals surface area contributed by atoms with E-state index in [1.807, 2.05) is 0 Å². The van der Waals surface area contributed by atoms with Crippen LogP contribution < -0.4 is 5.30 Å². The van der Waals surface area contributed by atoms with Crippen molar-refractivity contribution in [2.45, 2.75) is 33.6 Å². The predicted molar refractivity (Wildman–Crippen MR) is 68.0 cm³/mol. The first-order chi connectivity index (χ1) is 6.79. The Balaban J connectivity index is 2.81. The topological polar surface area (TPSA) is 0 Å². The van der Waals surface area contributed by atoms with E-state index in [0.717, 1.165) is 0 Å². The van der Waals surface area contributed by atoms with Crippen LogP contribution in [-0.2, 0) is 0 Å². The van der Waals surface area contributed by atoms with E-state index in [9.17, 15) is 0 Å². The predicted octanol–water partition coefficient (Wildman–Crippen LogP) is 3.92. The van der Waals surface area contributed by atoms with E-state index in [0.29, 0.717) is 0 Å². The molecule has 0 bridgehead atoms. The van der Waals surface area contributed by atoms with Gasteiger partial charge in [0.2, 0.25) is 0 Å². The molecule has 0 heterocycles. The van der Waals surface area contributed by atoms with Gasteiger partial charge in [-0.3, -0.25) is 0 Å². The SMILES string of the molecule is CCCP(CCC)c1ccccc1C. The standard InChI is InChI=1S/C13H21P/c1-4-10-14(11-5-2)13-9-7-6-8-12(13)3/h6-9H,4-5,10-11H2,1-3H3. The number of aryl methyl sites for hydroxylation is 1. The molecule has 1 aromatic rings. The highest BCUT2D eigenvalue weighted by Gasteiger charge is 2.10. The third-order valence-electron chi connectivity index (χ3n) is 2.44. The van der Waals surface area contributed by atoms with Crippen molar-refractivity contribution < 1.29 is 0 Å². The molecule has 14 heavy (non-hydrogen) atoms. The van der Waals surface area contributed by atoms with Crippen LogP contribution in [0, 0.1) is 6.92 Å². The molecule has 0 radical (unpaired) electrons. The highest BCUT2D eigenvalue weighted by atomic mass is 31.1. The van der Waals surface area contributed by atoms with Gasteiger partial charge in [-0.1, -0.05) is 58.9 Å². The Morgan fingerprint density at radius 2 is 1.57 bits per heavy atom. The molecule has 1 heteroatoms. The van der Waals surface area contributed by atoms with E-state index < -0.39 is 0 Å². The molecular formula is C13H21P. The van der Waals surface area contributed by atoms with Crippen LogP contribution in [0.1, 0.15) is 32.3 Å². The molecule has 0 unspecified atom stereocenters. The monoisotopic (exact) mass is 208 g/mol. The van der Waals surface area contributed by atoms with E-state index >= 15 is 0 Å². The minimum absolute atomic E-state index is 0.123. The number of benzene rings is 1. The van der Waals surface area contributed by atoms with E-state index in [-0.39, 0.29) is 7.92 Å². The molecule has 0 nitrogen and oxygen atoms in total. The van der Waals surface area contributed by atoms with Crippen LogP contribution in [0.25, 0.3) is 0 Å². The molecule has 0 N–H and O–H groups in total. The lowest BCUT2D eigenvalue weighted by Gasteiger charge is -2.18. The van der Waals surface area contributed by atoms with Crippen molar-refractivity contribution in [1.29, 1.82) is 0 Å². The van der Waals surface area contributed by atoms with Gasteiger partial charge >= 0.3 is 0 Å². The number of rotatable bonds is 5. The van der Waals surface area contributed by atoms with E-state index in [4.69, 9.17) is 0 Å². The second kappa shape index (κ2) is 6.19. The van der Waals surface area contributed by atoms with Crippen molar-refractivity contribution in [2.24, 2.45) is 0 Å². The fourth-order valence-electron chi connectivity index (χ4n) is 1.81. The lowest BCUT2D eigenvalue weighted by Crippen LogP contribution is -2.09. The molecule has 0 aliphatic rings. The zero-order chi connectivity index (χ0) is 10.4. The van der Waals surface area contributed by atoms with E-state index in [1.54, 1.807) is 5.30 Å². The van der Waals surface area contributed by atoms with Gasteiger partial charge in [0, 0.05) is 0 Å². The van der Waals surface area contributed by atoms with Gasteiger partial charge in [0.15, 0.2) is 0 Å². The van der Waals surface area contributed by atoms with Gasteiger partial charge in [0.1, 0.15) is 0 Å². The molecule has 0 aliphatic heterocycles. The molecular weight excluding hydrogens is 187 g/mol. The van der Waals surface area contributed by atoms with Crippen LogP contribution in [0.2, 0.25) is 0 Å². The third kappa shape index (κ3) is 3.10. The van der Waals surface area contributed by atoms with Crippen LogP contribution >= 0.6 is 7.92 Å². The fourth-order valence-corrected chi connectivity index (χ4v) is 4.47. The van der Waals surface area contributed by atoms with Crippen LogP contribution in [0.4, 0.5) is 0 Å². The lowest BCUT2D eigenvalue weighted by atomic mass is 10.2. The van der Waals surface area contributed by atoms with Crippen LogP contribution in [0.15, 0.2) is 24.3 Å². The van der Waals surface area contributed by atoms with Gasteiger partial charge in [-0.25, -0.2) is 0 Å². The number of hydrogen-bond acceptors (Lipinski definition) is 0. The first kappa shape index (κ1) is 11.7.